The van der Waals surface area contributed by atoms with Gasteiger partial charge in [-0.15, -0.1) is 0 Å². The minimum Gasteiger partial charge on any atom is -0.508 e. The average molecular weight is 319 g/mol. The minimum atomic E-state index is 0.231. The van der Waals surface area contributed by atoms with E-state index in [9.17, 15) is 5.11 Å². The van der Waals surface area contributed by atoms with E-state index in [0.717, 1.165) is 12.0 Å². The molecule has 0 saturated heterocycles. The monoisotopic (exact) mass is 319 g/mol. The average Bonchev–Trinajstić information content (AvgIpc) is 2.53. The van der Waals surface area contributed by atoms with Crippen LogP contribution in [-0.4, -0.2) is 23.6 Å². The van der Waals surface area contributed by atoms with Crippen LogP contribution >= 0.6 is 0 Å². The van der Waals surface area contributed by atoms with E-state index in [4.69, 9.17) is 11.5 Å². The van der Waals surface area contributed by atoms with Crippen molar-refractivity contribution in [2.45, 2.75) is 52.0 Å². The third-order valence-electron chi connectivity index (χ3n) is 3.42. The van der Waals surface area contributed by atoms with Gasteiger partial charge in [0.05, 0.1) is 6.54 Å². The maximum atomic E-state index is 9.21. The van der Waals surface area contributed by atoms with Crippen molar-refractivity contribution < 1.29 is 5.11 Å². The molecule has 0 aromatic heterocycles. The molecule has 0 heterocycles. The van der Waals surface area contributed by atoms with E-state index in [1.807, 2.05) is 0 Å². The first-order valence-corrected chi connectivity index (χ1v) is 8.26. The zero-order valence-corrected chi connectivity index (χ0v) is 14.0. The van der Waals surface area contributed by atoms with Gasteiger partial charge < -0.3 is 16.6 Å². The molecular weight excluding hydrogens is 290 g/mol. The number of rotatable bonds is 9. The summed E-state index contributed by atoms with van der Waals surface area (Å²) in [6.07, 6.45) is 7.34. The Morgan fingerprint density at radius 3 is 2.26 bits per heavy atom. The van der Waals surface area contributed by atoms with Crippen LogP contribution in [0.4, 0.5) is 0 Å². The molecule has 6 N–H and O–H groups in total. The van der Waals surface area contributed by atoms with Crippen molar-refractivity contribution in [1.82, 2.24) is 5.32 Å². The van der Waals surface area contributed by atoms with E-state index in [1.165, 1.54) is 32.1 Å². The highest BCUT2D eigenvalue weighted by molar-refractivity contribution is 5.96. The Morgan fingerprint density at radius 2 is 1.57 bits per heavy atom. The van der Waals surface area contributed by atoms with E-state index in [2.05, 4.69) is 22.2 Å². The number of phenolic OH excluding ortho intramolecular Hbond substituents is 1. The molecule has 0 amide bonds. The summed E-state index contributed by atoms with van der Waals surface area (Å²) in [7, 11) is 0. The summed E-state index contributed by atoms with van der Waals surface area (Å²) in [4.78, 5) is 8.42. The molecule has 6 nitrogen and oxygen atoms in total. The molecule has 128 valence electrons. The first kappa shape index (κ1) is 18.8. The normalized spacial score (nSPS) is 12.4. The van der Waals surface area contributed by atoms with Crippen LogP contribution in [0.3, 0.4) is 0 Å². The number of nitrogens with two attached hydrogens (primary N) is 2. The first-order valence-electron chi connectivity index (χ1n) is 8.26. The summed E-state index contributed by atoms with van der Waals surface area (Å²) >= 11 is 0. The lowest BCUT2D eigenvalue weighted by atomic mass is 10.1. The predicted octanol–water partition coefficient (Wildman–Crippen LogP) is 2.47. The number of guanidine groups is 2. The molecule has 1 aromatic rings. The van der Waals surface area contributed by atoms with E-state index in [0.29, 0.717) is 19.0 Å². The Labute approximate surface area is 138 Å². The highest BCUT2D eigenvalue weighted by Gasteiger charge is 1.97. The maximum absolute atomic E-state index is 9.21. The van der Waals surface area contributed by atoms with Gasteiger partial charge in [0.15, 0.2) is 11.9 Å². The summed E-state index contributed by atoms with van der Waals surface area (Å²) in [5.41, 5.74) is 12.5. The number of hydrogen-bond donors (Lipinski definition) is 4. The molecule has 1 aromatic carbocycles. The van der Waals surface area contributed by atoms with Gasteiger partial charge in [0.25, 0.3) is 0 Å². The van der Waals surface area contributed by atoms with Gasteiger partial charge in [0.2, 0.25) is 0 Å². The van der Waals surface area contributed by atoms with Gasteiger partial charge >= 0.3 is 0 Å². The number of aliphatic imine (C=N–C) groups is 2. The van der Waals surface area contributed by atoms with Crippen molar-refractivity contribution in [3.63, 3.8) is 0 Å². The van der Waals surface area contributed by atoms with Gasteiger partial charge in [0, 0.05) is 6.54 Å². The molecule has 0 aliphatic rings. The number of unbranched alkanes of at least 4 members (excludes halogenated alkanes) is 5. The second-order valence-electron chi connectivity index (χ2n) is 5.53. The molecule has 0 fully saturated rings. The molecular formula is C17H29N5O. The molecule has 23 heavy (non-hydrogen) atoms. The Morgan fingerprint density at radius 1 is 0.957 bits per heavy atom. The third-order valence-corrected chi connectivity index (χ3v) is 3.42. The third kappa shape index (κ3) is 9.39. The van der Waals surface area contributed by atoms with Crippen LogP contribution in [0.15, 0.2) is 34.3 Å². The zero-order chi connectivity index (χ0) is 16.9. The van der Waals surface area contributed by atoms with Crippen LogP contribution in [0.25, 0.3) is 0 Å². The fourth-order valence-electron chi connectivity index (χ4n) is 2.08. The van der Waals surface area contributed by atoms with Gasteiger partial charge in [-0.3, -0.25) is 10.3 Å². The largest absolute Gasteiger partial charge is 0.508 e. The molecule has 1 rings (SSSR count). The van der Waals surface area contributed by atoms with Crippen molar-refractivity contribution in [2.75, 3.05) is 6.54 Å². The Balaban J connectivity index is 2.23. The Kier molecular flexibility index (Phi) is 9.28. The molecule has 0 aliphatic carbocycles. The zero-order valence-electron chi connectivity index (χ0n) is 14.0. The summed E-state index contributed by atoms with van der Waals surface area (Å²) in [5, 5.41) is 12.0. The second-order valence-corrected chi connectivity index (χ2v) is 5.53. The molecule has 6 heteroatoms. The number of aromatic hydroxyl groups is 1. The number of nitrogens with zero attached hydrogens (tertiary/aromatic N) is 2. The molecule has 0 saturated carbocycles. The van der Waals surface area contributed by atoms with Gasteiger partial charge in [-0.05, 0) is 24.1 Å². The number of phenols is 1. The Hall–Kier alpha value is -2.24. The van der Waals surface area contributed by atoms with Crippen LogP contribution in [0, 0.1) is 0 Å². The summed E-state index contributed by atoms with van der Waals surface area (Å²) in [6.45, 7) is 3.34. The highest BCUT2D eigenvalue weighted by atomic mass is 16.3. The van der Waals surface area contributed by atoms with Crippen LogP contribution in [0.5, 0.6) is 5.75 Å². The van der Waals surface area contributed by atoms with Crippen molar-refractivity contribution in [3.05, 3.63) is 29.8 Å². The second kappa shape index (κ2) is 11.3. The highest BCUT2D eigenvalue weighted by Crippen LogP contribution is 2.10. The SMILES string of the molecule is CCCCCCCCN=C(N)NC(N)=NCc1ccc(O)cc1. The minimum absolute atomic E-state index is 0.231. The summed E-state index contributed by atoms with van der Waals surface area (Å²) < 4.78 is 0. The fourth-order valence-corrected chi connectivity index (χ4v) is 2.08. The lowest BCUT2D eigenvalue weighted by molar-refractivity contribution is 0.475. The van der Waals surface area contributed by atoms with E-state index >= 15 is 0 Å². The van der Waals surface area contributed by atoms with Gasteiger partial charge in [-0.2, -0.15) is 0 Å². The van der Waals surface area contributed by atoms with Crippen LogP contribution in [0.1, 0.15) is 51.0 Å². The van der Waals surface area contributed by atoms with Gasteiger partial charge in [-0.25, -0.2) is 4.99 Å². The molecule has 0 atom stereocenters. The van der Waals surface area contributed by atoms with Crippen molar-refractivity contribution in [1.29, 1.82) is 0 Å². The van der Waals surface area contributed by atoms with Crippen molar-refractivity contribution >= 4 is 11.9 Å². The lowest BCUT2D eigenvalue weighted by Crippen LogP contribution is -2.41. The molecule has 0 unspecified atom stereocenters. The number of nitrogens with one attached hydrogen (secondary N) is 1. The molecule has 0 bridgehead atoms. The van der Waals surface area contributed by atoms with E-state index < -0.39 is 0 Å². The fraction of sp³-hybridized carbons (Fsp3) is 0.529. The first-order chi connectivity index (χ1) is 11.1. The van der Waals surface area contributed by atoms with Crippen LogP contribution in [-0.2, 0) is 6.54 Å². The van der Waals surface area contributed by atoms with Crippen molar-refractivity contribution in [2.24, 2.45) is 21.5 Å². The van der Waals surface area contributed by atoms with Crippen molar-refractivity contribution in [3.8, 4) is 5.75 Å². The number of benzene rings is 1. The predicted molar refractivity (Wildman–Crippen MR) is 96.4 cm³/mol. The van der Waals surface area contributed by atoms with E-state index in [-0.39, 0.29) is 11.7 Å². The van der Waals surface area contributed by atoms with Crippen LogP contribution < -0.4 is 16.8 Å². The van der Waals surface area contributed by atoms with Gasteiger partial charge in [0.1, 0.15) is 5.75 Å². The maximum Gasteiger partial charge on any atom is 0.195 e. The molecule has 0 spiro atoms. The number of hydrogen-bond acceptors (Lipinski definition) is 3. The molecule has 0 aliphatic heterocycles. The topological polar surface area (TPSA) is 109 Å². The summed E-state index contributed by atoms with van der Waals surface area (Å²) in [5.74, 6) is 0.766. The smallest absolute Gasteiger partial charge is 0.195 e. The van der Waals surface area contributed by atoms with E-state index in [1.54, 1.807) is 24.3 Å². The lowest BCUT2D eigenvalue weighted by Gasteiger charge is -2.05. The summed E-state index contributed by atoms with van der Waals surface area (Å²) in [6, 6.07) is 6.82. The quantitative estimate of drug-likeness (QED) is 0.318. The standard InChI is InChI=1S/C17H29N5O/c1-2-3-4-5-6-7-12-20-16(18)22-17(19)21-13-14-8-10-15(23)11-9-14/h8-11,23H,2-7,12-13H2,1H3,(H5,18,19,20,21,22). The van der Waals surface area contributed by atoms with Crippen LogP contribution in [0.2, 0.25) is 0 Å². The molecule has 0 radical (unpaired) electrons. The van der Waals surface area contributed by atoms with Gasteiger partial charge in [-0.1, -0.05) is 51.2 Å². The Bertz CT molecular complexity index is 496.